The number of aryl methyl sites for hydroxylation is 2. The molecule has 0 saturated heterocycles. The molecule has 2 amide bonds. The zero-order chi connectivity index (χ0) is 25.3. The van der Waals surface area contributed by atoms with Crippen molar-refractivity contribution in [1.82, 2.24) is 10.2 Å². The van der Waals surface area contributed by atoms with E-state index >= 15 is 0 Å². The molecule has 0 unspecified atom stereocenters. The maximum absolute atomic E-state index is 13.9. The smallest absolute Gasteiger partial charge is 0.243 e. The van der Waals surface area contributed by atoms with Crippen molar-refractivity contribution < 1.29 is 9.59 Å². The van der Waals surface area contributed by atoms with E-state index in [1.54, 1.807) is 0 Å². The quantitative estimate of drug-likeness (QED) is 0.411. The first-order valence-electron chi connectivity index (χ1n) is 13.2. The van der Waals surface area contributed by atoms with Crippen LogP contribution in [-0.4, -0.2) is 28.8 Å². The van der Waals surface area contributed by atoms with Gasteiger partial charge in [-0.2, -0.15) is 0 Å². The van der Waals surface area contributed by atoms with Crippen molar-refractivity contribution in [1.29, 1.82) is 0 Å². The lowest BCUT2D eigenvalue weighted by Crippen LogP contribution is -2.53. The number of hydrogen-bond acceptors (Lipinski definition) is 2. The molecule has 0 aliphatic heterocycles. The molecule has 1 aliphatic carbocycles. The maximum atomic E-state index is 13.9. The highest BCUT2D eigenvalue weighted by atomic mass is 16.2. The zero-order valence-corrected chi connectivity index (χ0v) is 21.6. The largest absolute Gasteiger partial charge is 0.352 e. The molecule has 3 aromatic carbocycles. The van der Waals surface area contributed by atoms with Gasteiger partial charge in [0.1, 0.15) is 6.04 Å². The van der Waals surface area contributed by atoms with E-state index in [0.717, 1.165) is 53.5 Å². The molecule has 4 rings (SSSR count). The van der Waals surface area contributed by atoms with Crippen LogP contribution in [0.5, 0.6) is 0 Å². The van der Waals surface area contributed by atoms with Crippen molar-refractivity contribution in [2.24, 2.45) is 0 Å². The topological polar surface area (TPSA) is 49.4 Å². The normalized spacial score (nSPS) is 14.7. The van der Waals surface area contributed by atoms with Crippen LogP contribution in [0.3, 0.4) is 0 Å². The molecule has 188 valence electrons. The number of benzene rings is 3. The highest BCUT2D eigenvalue weighted by Crippen LogP contribution is 2.21. The molecule has 0 radical (unpaired) electrons. The third kappa shape index (κ3) is 7.07. The summed E-state index contributed by atoms with van der Waals surface area (Å²) in [5.74, 6) is -0.0690. The van der Waals surface area contributed by atoms with E-state index in [-0.39, 0.29) is 24.3 Å². The van der Waals surface area contributed by atoms with Gasteiger partial charge in [0.05, 0.1) is 6.42 Å². The van der Waals surface area contributed by atoms with Gasteiger partial charge in [-0.15, -0.1) is 0 Å². The summed E-state index contributed by atoms with van der Waals surface area (Å²) in [6, 6.07) is 25.9. The van der Waals surface area contributed by atoms with Crippen molar-refractivity contribution in [3.63, 3.8) is 0 Å². The Morgan fingerprint density at radius 2 is 1.56 bits per heavy atom. The number of nitrogens with zero attached hydrogens (tertiary/aromatic N) is 1. The second-order valence-electron chi connectivity index (χ2n) is 10.2. The number of carbonyl (C=O) groups is 2. The van der Waals surface area contributed by atoms with E-state index in [1.807, 2.05) is 72.5 Å². The molecule has 0 bridgehead atoms. The van der Waals surface area contributed by atoms with E-state index < -0.39 is 6.04 Å². The van der Waals surface area contributed by atoms with Crippen molar-refractivity contribution in [3.8, 4) is 0 Å². The van der Waals surface area contributed by atoms with Gasteiger partial charge in [-0.3, -0.25) is 9.59 Å². The Morgan fingerprint density at radius 1 is 0.861 bits per heavy atom. The molecular formula is C32H38N2O2. The van der Waals surface area contributed by atoms with Gasteiger partial charge in [0, 0.05) is 19.0 Å². The molecule has 0 spiro atoms. The lowest BCUT2D eigenvalue weighted by Gasteiger charge is -2.34. The van der Waals surface area contributed by atoms with E-state index in [1.165, 1.54) is 6.42 Å². The average molecular weight is 483 g/mol. The Hall–Kier alpha value is -3.40. The molecule has 1 fully saturated rings. The Kier molecular flexibility index (Phi) is 8.94. The minimum absolute atomic E-state index is 0.0245. The molecule has 4 heteroatoms. The van der Waals surface area contributed by atoms with E-state index in [2.05, 4.69) is 30.4 Å². The average Bonchev–Trinajstić information content (AvgIpc) is 2.88. The Morgan fingerprint density at radius 3 is 2.28 bits per heavy atom. The fourth-order valence-corrected chi connectivity index (χ4v) is 5.17. The number of amides is 2. The zero-order valence-electron chi connectivity index (χ0n) is 21.6. The molecule has 4 nitrogen and oxygen atoms in total. The monoisotopic (exact) mass is 482 g/mol. The maximum Gasteiger partial charge on any atom is 0.243 e. The van der Waals surface area contributed by atoms with Gasteiger partial charge in [0.2, 0.25) is 11.8 Å². The summed E-state index contributed by atoms with van der Waals surface area (Å²) in [5.41, 5.74) is 5.35. The van der Waals surface area contributed by atoms with Crippen LogP contribution >= 0.6 is 0 Å². The van der Waals surface area contributed by atoms with Crippen molar-refractivity contribution in [3.05, 3.63) is 107 Å². The van der Waals surface area contributed by atoms with Crippen molar-refractivity contribution in [2.75, 3.05) is 0 Å². The summed E-state index contributed by atoms with van der Waals surface area (Å²) in [5, 5.41) is 3.32. The molecule has 1 saturated carbocycles. The lowest BCUT2D eigenvalue weighted by molar-refractivity contribution is -0.141. The van der Waals surface area contributed by atoms with Crippen molar-refractivity contribution >= 4 is 11.8 Å². The van der Waals surface area contributed by atoms with Crippen LogP contribution in [0.2, 0.25) is 0 Å². The minimum atomic E-state index is -0.578. The van der Waals surface area contributed by atoms with Crippen LogP contribution in [0.4, 0.5) is 0 Å². The predicted octanol–water partition coefficient (Wildman–Crippen LogP) is 5.93. The van der Waals surface area contributed by atoms with Crippen LogP contribution in [0.25, 0.3) is 0 Å². The van der Waals surface area contributed by atoms with Crippen LogP contribution in [0.15, 0.2) is 78.9 Å². The summed E-state index contributed by atoms with van der Waals surface area (Å²) < 4.78 is 0. The molecular weight excluding hydrogens is 444 g/mol. The van der Waals surface area contributed by atoms with Gasteiger partial charge in [0.25, 0.3) is 0 Å². The molecule has 1 aliphatic rings. The number of nitrogens with one attached hydrogen (secondary N) is 1. The Balaban J connectivity index is 1.66. The Bertz CT molecular complexity index is 1150. The third-order valence-electron chi connectivity index (χ3n) is 7.26. The van der Waals surface area contributed by atoms with E-state index in [9.17, 15) is 9.59 Å². The van der Waals surface area contributed by atoms with Gasteiger partial charge in [-0.25, -0.2) is 0 Å². The molecule has 36 heavy (non-hydrogen) atoms. The van der Waals surface area contributed by atoms with Crippen LogP contribution in [0.1, 0.15) is 59.9 Å². The molecule has 1 atom stereocenters. The fraction of sp³-hybridized carbons (Fsp3) is 0.375. The van der Waals surface area contributed by atoms with Gasteiger partial charge < -0.3 is 10.2 Å². The van der Waals surface area contributed by atoms with Gasteiger partial charge in [-0.05, 0) is 48.9 Å². The lowest BCUT2D eigenvalue weighted by atomic mass is 9.94. The molecule has 0 heterocycles. The highest BCUT2D eigenvalue weighted by Gasteiger charge is 2.32. The predicted molar refractivity (Wildman–Crippen MR) is 146 cm³/mol. The van der Waals surface area contributed by atoms with Gasteiger partial charge in [0.15, 0.2) is 0 Å². The first-order chi connectivity index (χ1) is 17.5. The second kappa shape index (κ2) is 12.5. The van der Waals surface area contributed by atoms with Gasteiger partial charge in [-0.1, -0.05) is 104 Å². The number of rotatable bonds is 9. The summed E-state index contributed by atoms with van der Waals surface area (Å²) in [7, 11) is 0. The van der Waals surface area contributed by atoms with Gasteiger partial charge >= 0.3 is 0 Å². The molecule has 1 N–H and O–H groups in total. The fourth-order valence-electron chi connectivity index (χ4n) is 5.17. The first-order valence-corrected chi connectivity index (χ1v) is 13.2. The minimum Gasteiger partial charge on any atom is -0.352 e. The van der Waals surface area contributed by atoms with Crippen LogP contribution in [0, 0.1) is 13.8 Å². The summed E-state index contributed by atoms with van der Waals surface area (Å²) in [6.45, 7) is 4.51. The molecule has 0 aromatic heterocycles. The van der Waals surface area contributed by atoms with Crippen molar-refractivity contribution in [2.45, 2.75) is 77.4 Å². The van der Waals surface area contributed by atoms with Crippen LogP contribution < -0.4 is 5.32 Å². The van der Waals surface area contributed by atoms with Crippen LogP contribution in [-0.2, 0) is 29.0 Å². The number of carbonyl (C=O) groups excluding carboxylic acids is 2. The third-order valence-corrected chi connectivity index (χ3v) is 7.26. The molecule has 3 aromatic rings. The second-order valence-corrected chi connectivity index (χ2v) is 10.2. The van der Waals surface area contributed by atoms with E-state index in [0.29, 0.717) is 13.0 Å². The number of hydrogen-bond donors (Lipinski definition) is 1. The first kappa shape index (κ1) is 25.7. The standard InChI is InChI=1S/C32H38N2O2/c1-24-12-11-16-27(20-24)22-31(35)34(23-28-17-10-9-13-25(28)2)30(21-26-14-5-3-6-15-26)32(36)33-29-18-7-4-8-19-29/h3,5-6,9-17,20,29-30H,4,7-8,18-19,21-23H2,1-2H3,(H,33,36)/t30-/m0/s1. The van der Waals surface area contributed by atoms with E-state index in [4.69, 9.17) is 0 Å². The highest BCUT2D eigenvalue weighted by molar-refractivity contribution is 5.89. The summed E-state index contributed by atoms with van der Waals surface area (Å²) in [4.78, 5) is 29.6. The Labute approximate surface area is 215 Å². The summed E-state index contributed by atoms with van der Waals surface area (Å²) >= 11 is 0. The summed E-state index contributed by atoms with van der Waals surface area (Å²) in [6.07, 6.45) is 6.31. The SMILES string of the molecule is Cc1cccc(CC(=O)N(Cc2ccccc2C)[C@@H](Cc2ccccc2)C(=O)NC2CCCCC2)c1.